The fraction of sp³-hybridized carbons (Fsp3) is 0.857. The van der Waals surface area contributed by atoms with Crippen molar-refractivity contribution in [3.63, 3.8) is 0 Å². The van der Waals surface area contributed by atoms with Crippen LogP contribution in [0.3, 0.4) is 0 Å². The number of ether oxygens (including phenoxy) is 2. The Morgan fingerprint density at radius 1 is 0.950 bits per heavy atom. The van der Waals surface area contributed by atoms with Crippen LogP contribution in [0.4, 0.5) is 9.59 Å². The van der Waals surface area contributed by atoms with E-state index >= 15 is 0 Å². The lowest BCUT2D eigenvalue weighted by Gasteiger charge is -2.24. The molecule has 20 heavy (non-hydrogen) atoms. The lowest BCUT2D eigenvalue weighted by Crippen LogP contribution is -2.46. The summed E-state index contributed by atoms with van der Waals surface area (Å²) in [5, 5.41) is 5.34. The number of hydrogen-bond donors (Lipinski definition) is 2. The van der Waals surface area contributed by atoms with E-state index in [0.29, 0.717) is 13.0 Å². The van der Waals surface area contributed by atoms with E-state index in [4.69, 9.17) is 9.47 Å². The summed E-state index contributed by atoms with van der Waals surface area (Å²) in [4.78, 5) is 23.1. The van der Waals surface area contributed by atoms with E-state index in [2.05, 4.69) is 10.6 Å². The largest absolute Gasteiger partial charge is 0.444 e. The molecule has 0 rings (SSSR count). The highest BCUT2D eigenvalue weighted by Gasteiger charge is 2.20. The van der Waals surface area contributed by atoms with Gasteiger partial charge in [0.05, 0.1) is 0 Å². The van der Waals surface area contributed by atoms with Crippen LogP contribution in [0.25, 0.3) is 0 Å². The van der Waals surface area contributed by atoms with Gasteiger partial charge in [0.2, 0.25) is 0 Å². The zero-order chi connectivity index (χ0) is 16.0. The minimum atomic E-state index is -0.541. The molecule has 0 aliphatic heterocycles. The Balaban J connectivity index is 4.17. The minimum absolute atomic E-state index is 0.197. The van der Waals surface area contributed by atoms with Crippen molar-refractivity contribution in [3.05, 3.63) is 0 Å². The third kappa shape index (κ3) is 10.5. The highest BCUT2D eigenvalue weighted by atomic mass is 16.6. The molecule has 118 valence electrons. The average Bonchev–Trinajstić information content (AvgIpc) is 2.18. The van der Waals surface area contributed by atoms with E-state index in [-0.39, 0.29) is 6.04 Å². The van der Waals surface area contributed by atoms with Gasteiger partial charge in [0.25, 0.3) is 0 Å². The van der Waals surface area contributed by atoms with E-state index in [1.54, 1.807) is 41.5 Å². The normalized spacial score (nSPS) is 13.3. The van der Waals surface area contributed by atoms with Crippen molar-refractivity contribution in [2.24, 2.45) is 0 Å². The van der Waals surface area contributed by atoms with Crippen molar-refractivity contribution < 1.29 is 19.1 Å². The van der Waals surface area contributed by atoms with Crippen LogP contribution in [0.5, 0.6) is 0 Å². The van der Waals surface area contributed by atoms with E-state index in [9.17, 15) is 9.59 Å². The molecule has 0 aromatic rings. The van der Waals surface area contributed by atoms with Crippen LogP contribution in [-0.2, 0) is 9.47 Å². The van der Waals surface area contributed by atoms with Gasteiger partial charge in [-0.15, -0.1) is 0 Å². The molecule has 0 aromatic heterocycles. The van der Waals surface area contributed by atoms with Crippen molar-refractivity contribution in [1.82, 2.24) is 10.6 Å². The standard InChI is InChI=1S/C14H28N2O4/c1-8-10(16-12(18)20-14(5,6)7)9-15-11(17)19-13(2,3)4/h10H,8-9H2,1-7H3,(H,15,17)(H,16,18). The lowest BCUT2D eigenvalue weighted by molar-refractivity contribution is 0.0462. The predicted octanol–water partition coefficient (Wildman–Crippen LogP) is 2.81. The number of carbonyl (C=O) groups is 2. The zero-order valence-corrected chi connectivity index (χ0v) is 13.6. The molecule has 0 aliphatic carbocycles. The Labute approximate surface area is 121 Å². The van der Waals surface area contributed by atoms with Crippen LogP contribution < -0.4 is 10.6 Å². The highest BCUT2D eigenvalue weighted by molar-refractivity contribution is 5.69. The van der Waals surface area contributed by atoms with Gasteiger partial charge in [0.15, 0.2) is 0 Å². The summed E-state index contributed by atoms with van der Waals surface area (Å²) in [6.07, 6.45) is -0.313. The first kappa shape index (κ1) is 18.5. The summed E-state index contributed by atoms with van der Waals surface area (Å²) >= 11 is 0. The molecule has 0 aromatic carbocycles. The third-order valence-corrected chi connectivity index (χ3v) is 2.11. The number of alkyl carbamates (subject to hydrolysis) is 2. The molecule has 6 nitrogen and oxygen atoms in total. The molecule has 0 bridgehead atoms. The van der Waals surface area contributed by atoms with Crippen LogP contribution >= 0.6 is 0 Å². The van der Waals surface area contributed by atoms with Crippen LogP contribution in [-0.4, -0.2) is 36.0 Å². The fourth-order valence-electron chi connectivity index (χ4n) is 1.29. The van der Waals surface area contributed by atoms with Gasteiger partial charge in [-0.2, -0.15) is 0 Å². The summed E-state index contributed by atoms with van der Waals surface area (Å²) in [7, 11) is 0. The molecule has 6 heteroatoms. The van der Waals surface area contributed by atoms with Gasteiger partial charge in [-0.3, -0.25) is 0 Å². The van der Waals surface area contributed by atoms with Crippen LogP contribution in [0.15, 0.2) is 0 Å². The molecular weight excluding hydrogens is 260 g/mol. The molecule has 0 aliphatic rings. The molecule has 0 saturated carbocycles. The van der Waals surface area contributed by atoms with E-state index in [1.807, 2.05) is 6.92 Å². The number of hydrogen-bond acceptors (Lipinski definition) is 4. The van der Waals surface area contributed by atoms with Gasteiger partial charge < -0.3 is 20.1 Å². The van der Waals surface area contributed by atoms with Crippen LogP contribution in [0, 0.1) is 0 Å². The van der Waals surface area contributed by atoms with Crippen molar-refractivity contribution >= 4 is 12.2 Å². The highest BCUT2D eigenvalue weighted by Crippen LogP contribution is 2.08. The maximum absolute atomic E-state index is 11.6. The van der Waals surface area contributed by atoms with Crippen LogP contribution in [0.2, 0.25) is 0 Å². The Kier molecular flexibility index (Phi) is 6.82. The van der Waals surface area contributed by atoms with E-state index in [1.165, 1.54) is 0 Å². The molecule has 1 atom stereocenters. The van der Waals surface area contributed by atoms with E-state index in [0.717, 1.165) is 0 Å². The molecule has 2 amide bonds. The fourth-order valence-corrected chi connectivity index (χ4v) is 1.29. The molecule has 0 fully saturated rings. The monoisotopic (exact) mass is 288 g/mol. The Bertz CT molecular complexity index is 329. The molecule has 0 saturated heterocycles. The molecule has 1 unspecified atom stereocenters. The zero-order valence-electron chi connectivity index (χ0n) is 13.6. The lowest BCUT2D eigenvalue weighted by atomic mass is 10.2. The van der Waals surface area contributed by atoms with Gasteiger partial charge in [-0.25, -0.2) is 9.59 Å². The summed E-state index contributed by atoms with van der Waals surface area (Å²) < 4.78 is 10.3. The van der Waals surface area contributed by atoms with Gasteiger partial charge in [0.1, 0.15) is 11.2 Å². The summed E-state index contributed by atoms with van der Waals surface area (Å²) in [6, 6.07) is -0.197. The summed E-state index contributed by atoms with van der Waals surface area (Å²) in [5.74, 6) is 0. The van der Waals surface area contributed by atoms with Crippen molar-refractivity contribution in [3.8, 4) is 0 Å². The first-order chi connectivity index (χ1) is 8.93. The third-order valence-electron chi connectivity index (χ3n) is 2.11. The topological polar surface area (TPSA) is 76.7 Å². The van der Waals surface area contributed by atoms with Crippen molar-refractivity contribution in [1.29, 1.82) is 0 Å². The maximum Gasteiger partial charge on any atom is 0.407 e. The van der Waals surface area contributed by atoms with Crippen molar-refractivity contribution in [2.75, 3.05) is 6.54 Å². The molecule has 0 heterocycles. The van der Waals surface area contributed by atoms with Crippen LogP contribution in [0.1, 0.15) is 54.9 Å². The average molecular weight is 288 g/mol. The number of amides is 2. The SMILES string of the molecule is CCC(CNC(=O)OC(C)(C)C)NC(=O)OC(C)(C)C. The van der Waals surface area contributed by atoms with E-state index < -0.39 is 23.4 Å². The first-order valence-electron chi connectivity index (χ1n) is 6.89. The maximum atomic E-state index is 11.6. The molecule has 2 N–H and O–H groups in total. The summed E-state index contributed by atoms with van der Waals surface area (Å²) in [5.41, 5.74) is -1.08. The summed E-state index contributed by atoms with van der Waals surface area (Å²) in [6.45, 7) is 13.0. The molecular formula is C14H28N2O4. The predicted molar refractivity (Wildman–Crippen MR) is 77.7 cm³/mol. The van der Waals surface area contributed by atoms with Gasteiger partial charge >= 0.3 is 12.2 Å². The Morgan fingerprint density at radius 2 is 1.40 bits per heavy atom. The van der Waals surface area contributed by atoms with Crippen molar-refractivity contribution in [2.45, 2.75) is 72.1 Å². The first-order valence-corrected chi connectivity index (χ1v) is 6.89. The Hall–Kier alpha value is -1.46. The second-order valence-electron chi connectivity index (χ2n) is 6.63. The minimum Gasteiger partial charge on any atom is -0.444 e. The number of nitrogens with one attached hydrogen (secondary N) is 2. The number of carbonyl (C=O) groups excluding carboxylic acids is 2. The second-order valence-corrected chi connectivity index (χ2v) is 6.63. The second kappa shape index (κ2) is 7.36. The number of rotatable bonds is 4. The van der Waals surface area contributed by atoms with Gasteiger partial charge in [-0.05, 0) is 48.0 Å². The molecule has 0 spiro atoms. The van der Waals surface area contributed by atoms with Gasteiger partial charge in [-0.1, -0.05) is 6.92 Å². The smallest absolute Gasteiger partial charge is 0.407 e. The Morgan fingerprint density at radius 3 is 1.80 bits per heavy atom. The van der Waals surface area contributed by atoms with Gasteiger partial charge in [0, 0.05) is 12.6 Å². The molecule has 0 radical (unpaired) electrons. The quantitative estimate of drug-likeness (QED) is 0.834.